The molecule has 0 unspecified atom stereocenters. The molecular weight excluding hydrogens is 328 g/mol. The van der Waals surface area contributed by atoms with Gasteiger partial charge in [0.15, 0.2) is 6.61 Å². The van der Waals surface area contributed by atoms with Crippen molar-refractivity contribution in [1.29, 1.82) is 0 Å². The third kappa shape index (κ3) is 4.23. The van der Waals surface area contributed by atoms with Gasteiger partial charge in [0.2, 0.25) is 5.91 Å². The number of aryl methyl sites for hydroxylation is 1. The van der Waals surface area contributed by atoms with Gasteiger partial charge in [-0.15, -0.1) is 0 Å². The van der Waals surface area contributed by atoms with Crippen LogP contribution in [-0.2, 0) is 21.4 Å². The number of carbonyl (C=O) groups excluding carboxylic acids is 2. The van der Waals surface area contributed by atoms with Gasteiger partial charge in [0.1, 0.15) is 5.75 Å². The molecule has 0 saturated heterocycles. The van der Waals surface area contributed by atoms with Crippen molar-refractivity contribution in [3.63, 3.8) is 0 Å². The van der Waals surface area contributed by atoms with Gasteiger partial charge in [-0.3, -0.25) is 9.59 Å². The SMILES string of the molecule is CC(C)(C)c1ccccc1NC(=O)COc1ccc2c(c1)CCC(=O)N2. The van der Waals surface area contributed by atoms with E-state index in [1.165, 1.54) is 0 Å². The first-order chi connectivity index (χ1) is 12.3. The fraction of sp³-hybridized carbons (Fsp3) is 0.333. The lowest BCUT2D eigenvalue weighted by molar-refractivity contribution is -0.118. The second-order valence-electron chi connectivity index (χ2n) is 7.50. The summed E-state index contributed by atoms with van der Waals surface area (Å²) in [5.41, 5.74) is 3.67. The highest BCUT2D eigenvalue weighted by Gasteiger charge is 2.19. The van der Waals surface area contributed by atoms with Crippen molar-refractivity contribution in [2.24, 2.45) is 0 Å². The zero-order chi connectivity index (χ0) is 18.7. The molecule has 1 aliphatic rings. The summed E-state index contributed by atoms with van der Waals surface area (Å²) >= 11 is 0. The third-order valence-corrected chi connectivity index (χ3v) is 4.35. The summed E-state index contributed by atoms with van der Waals surface area (Å²) < 4.78 is 5.63. The molecule has 136 valence electrons. The first kappa shape index (κ1) is 18.0. The van der Waals surface area contributed by atoms with E-state index in [1.807, 2.05) is 36.4 Å². The summed E-state index contributed by atoms with van der Waals surface area (Å²) in [6, 6.07) is 13.3. The molecular formula is C21H24N2O3. The van der Waals surface area contributed by atoms with Crippen molar-refractivity contribution in [3.8, 4) is 5.75 Å². The van der Waals surface area contributed by atoms with Crippen LogP contribution in [0.25, 0.3) is 0 Å². The fourth-order valence-electron chi connectivity index (χ4n) is 3.03. The van der Waals surface area contributed by atoms with Crippen LogP contribution in [-0.4, -0.2) is 18.4 Å². The maximum Gasteiger partial charge on any atom is 0.262 e. The molecule has 2 amide bonds. The molecule has 5 heteroatoms. The van der Waals surface area contributed by atoms with Gasteiger partial charge in [-0.2, -0.15) is 0 Å². The van der Waals surface area contributed by atoms with E-state index in [0.717, 1.165) is 22.5 Å². The molecule has 5 nitrogen and oxygen atoms in total. The molecule has 0 atom stereocenters. The number of carbonyl (C=O) groups is 2. The molecule has 0 fully saturated rings. The van der Waals surface area contributed by atoms with Crippen LogP contribution in [0.1, 0.15) is 38.3 Å². The number of benzene rings is 2. The first-order valence-electron chi connectivity index (χ1n) is 8.78. The van der Waals surface area contributed by atoms with Crippen LogP contribution in [0.3, 0.4) is 0 Å². The standard InChI is InChI=1S/C21H24N2O3/c1-21(2,3)16-6-4-5-7-18(16)23-20(25)13-26-15-9-10-17-14(12-15)8-11-19(24)22-17/h4-7,9-10,12H,8,11,13H2,1-3H3,(H,22,24)(H,23,25). The van der Waals surface area contributed by atoms with E-state index in [2.05, 4.69) is 31.4 Å². The predicted octanol–water partition coefficient (Wildman–Crippen LogP) is 3.89. The second-order valence-corrected chi connectivity index (χ2v) is 7.50. The summed E-state index contributed by atoms with van der Waals surface area (Å²) in [5, 5.41) is 5.77. The molecule has 3 rings (SSSR count). The smallest absolute Gasteiger partial charge is 0.262 e. The molecule has 0 aliphatic carbocycles. The fourth-order valence-corrected chi connectivity index (χ4v) is 3.03. The number of fused-ring (bicyclic) bond motifs is 1. The van der Waals surface area contributed by atoms with Crippen molar-refractivity contribution >= 4 is 23.2 Å². The van der Waals surface area contributed by atoms with Gasteiger partial charge in [0, 0.05) is 17.8 Å². The molecule has 2 N–H and O–H groups in total. The molecule has 0 radical (unpaired) electrons. The number of rotatable bonds is 4. The molecule has 0 aromatic heterocycles. The summed E-state index contributed by atoms with van der Waals surface area (Å²) in [6.07, 6.45) is 1.16. The molecule has 26 heavy (non-hydrogen) atoms. The predicted molar refractivity (Wildman–Crippen MR) is 103 cm³/mol. The molecule has 0 bridgehead atoms. The summed E-state index contributed by atoms with van der Waals surface area (Å²) in [7, 11) is 0. The van der Waals surface area contributed by atoms with Crippen molar-refractivity contribution in [2.75, 3.05) is 17.2 Å². The lowest BCUT2D eigenvalue weighted by atomic mass is 9.86. The summed E-state index contributed by atoms with van der Waals surface area (Å²) in [5.74, 6) is 0.454. The minimum Gasteiger partial charge on any atom is -0.484 e. The Kier molecular flexibility index (Phi) is 4.98. The monoisotopic (exact) mass is 352 g/mol. The first-order valence-corrected chi connectivity index (χ1v) is 8.78. The van der Waals surface area contributed by atoms with Crippen molar-refractivity contribution in [3.05, 3.63) is 53.6 Å². The second kappa shape index (κ2) is 7.20. The Morgan fingerprint density at radius 3 is 2.69 bits per heavy atom. The van der Waals surface area contributed by atoms with Gasteiger partial charge in [-0.1, -0.05) is 39.0 Å². The van der Waals surface area contributed by atoms with Crippen LogP contribution in [0.5, 0.6) is 5.75 Å². The van der Waals surface area contributed by atoms with E-state index in [4.69, 9.17) is 4.74 Å². The zero-order valence-electron chi connectivity index (χ0n) is 15.4. The van der Waals surface area contributed by atoms with Crippen molar-refractivity contribution in [1.82, 2.24) is 0 Å². The molecule has 2 aromatic carbocycles. The van der Waals surface area contributed by atoms with E-state index in [0.29, 0.717) is 18.6 Å². The van der Waals surface area contributed by atoms with E-state index >= 15 is 0 Å². The highest BCUT2D eigenvalue weighted by Crippen LogP contribution is 2.29. The van der Waals surface area contributed by atoms with Crippen LogP contribution in [0, 0.1) is 0 Å². The van der Waals surface area contributed by atoms with Crippen LogP contribution < -0.4 is 15.4 Å². The average Bonchev–Trinajstić information content (AvgIpc) is 2.59. The molecule has 0 spiro atoms. The average molecular weight is 352 g/mol. The van der Waals surface area contributed by atoms with E-state index < -0.39 is 0 Å². The number of amides is 2. The largest absolute Gasteiger partial charge is 0.484 e. The van der Waals surface area contributed by atoms with Gasteiger partial charge in [-0.05, 0) is 47.2 Å². The topological polar surface area (TPSA) is 67.4 Å². The van der Waals surface area contributed by atoms with Gasteiger partial charge < -0.3 is 15.4 Å². The van der Waals surface area contributed by atoms with Gasteiger partial charge in [-0.25, -0.2) is 0 Å². The normalized spacial score (nSPS) is 13.6. The Balaban J connectivity index is 1.63. The number of para-hydroxylation sites is 1. The Hall–Kier alpha value is -2.82. The Morgan fingerprint density at radius 1 is 1.15 bits per heavy atom. The quantitative estimate of drug-likeness (QED) is 0.877. The minimum atomic E-state index is -0.201. The number of nitrogens with one attached hydrogen (secondary N) is 2. The molecule has 1 heterocycles. The Bertz CT molecular complexity index is 837. The Morgan fingerprint density at radius 2 is 1.92 bits per heavy atom. The highest BCUT2D eigenvalue weighted by molar-refractivity contribution is 5.94. The van der Waals surface area contributed by atoms with E-state index in [1.54, 1.807) is 6.07 Å². The summed E-state index contributed by atoms with van der Waals surface area (Å²) in [6.45, 7) is 6.27. The highest BCUT2D eigenvalue weighted by atomic mass is 16.5. The van der Waals surface area contributed by atoms with Crippen LogP contribution in [0.2, 0.25) is 0 Å². The van der Waals surface area contributed by atoms with Crippen LogP contribution >= 0.6 is 0 Å². The lowest BCUT2D eigenvalue weighted by Crippen LogP contribution is -2.23. The molecule has 2 aromatic rings. The third-order valence-electron chi connectivity index (χ3n) is 4.35. The summed E-state index contributed by atoms with van der Waals surface area (Å²) in [4.78, 5) is 23.7. The maximum absolute atomic E-state index is 12.3. The minimum absolute atomic E-state index is 0.0306. The van der Waals surface area contributed by atoms with Crippen LogP contribution in [0.4, 0.5) is 11.4 Å². The number of ether oxygens (including phenoxy) is 1. The molecule has 1 aliphatic heterocycles. The van der Waals surface area contributed by atoms with Gasteiger partial charge in [0.05, 0.1) is 0 Å². The zero-order valence-corrected chi connectivity index (χ0v) is 15.4. The number of anilines is 2. The van der Waals surface area contributed by atoms with Crippen molar-refractivity contribution < 1.29 is 14.3 Å². The Labute approximate surface area is 153 Å². The molecule has 0 saturated carbocycles. The van der Waals surface area contributed by atoms with Gasteiger partial charge >= 0.3 is 0 Å². The maximum atomic E-state index is 12.3. The van der Waals surface area contributed by atoms with Gasteiger partial charge in [0.25, 0.3) is 5.91 Å². The number of hydrogen-bond acceptors (Lipinski definition) is 3. The number of hydrogen-bond donors (Lipinski definition) is 2. The van der Waals surface area contributed by atoms with E-state index in [-0.39, 0.29) is 23.8 Å². The van der Waals surface area contributed by atoms with Crippen molar-refractivity contribution in [2.45, 2.75) is 39.0 Å². The van der Waals surface area contributed by atoms with E-state index in [9.17, 15) is 9.59 Å². The lowest BCUT2D eigenvalue weighted by Gasteiger charge is -2.23. The van der Waals surface area contributed by atoms with Crippen LogP contribution in [0.15, 0.2) is 42.5 Å².